The zero-order valence-corrected chi connectivity index (χ0v) is 7.59. The Kier molecular flexibility index (Phi) is 3.71. The molecule has 13 heavy (non-hydrogen) atoms. The molecule has 1 aromatic rings. The van der Waals surface area contributed by atoms with Crippen molar-refractivity contribution in [1.82, 2.24) is 0 Å². The Hall–Kier alpha value is -1.09. The standard InChI is InChI=1S/C9H9ClFNO/c10-6-8(11)9(13)12-7-4-2-1-3-5-7/h1-5,8H,6H2,(H,12,13). The van der Waals surface area contributed by atoms with Gasteiger partial charge in [-0.05, 0) is 12.1 Å². The molecule has 1 amide bonds. The van der Waals surface area contributed by atoms with Crippen molar-refractivity contribution in [2.75, 3.05) is 11.2 Å². The molecular formula is C9H9ClFNO. The van der Waals surface area contributed by atoms with Crippen molar-refractivity contribution in [2.24, 2.45) is 0 Å². The highest BCUT2D eigenvalue weighted by molar-refractivity contribution is 6.20. The molecule has 0 aromatic heterocycles. The Morgan fingerprint density at radius 3 is 2.62 bits per heavy atom. The molecule has 0 spiro atoms. The van der Waals surface area contributed by atoms with Gasteiger partial charge in [-0.15, -0.1) is 11.6 Å². The summed E-state index contributed by atoms with van der Waals surface area (Å²) in [7, 11) is 0. The number of hydrogen-bond acceptors (Lipinski definition) is 1. The Bertz CT molecular complexity index is 278. The van der Waals surface area contributed by atoms with Gasteiger partial charge < -0.3 is 5.32 Å². The van der Waals surface area contributed by atoms with E-state index >= 15 is 0 Å². The summed E-state index contributed by atoms with van der Waals surface area (Å²) in [5.74, 6) is -1.03. The van der Waals surface area contributed by atoms with Crippen LogP contribution < -0.4 is 5.32 Å². The molecule has 0 aliphatic rings. The Balaban J connectivity index is 2.55. The summed E-state index contributed by atoms with van der Waals surface area (Å²) in [6.07, 6.45) is -1.65. The van der Waals surface area contributed by atoms with Gasteiger partial charge in [0.15, 0.2) is 6.17 Å². The van der Waals surface area contributed by atoms with Crippen LogP contribution in [0.5, 0.6) is 0 Å². The highest BCUT2D eigenvalue weighted by Gasteiger charge is 2.15. The minimum absolute atomic E-state index is 0.321. The number of alkyl halides is 2. The Labute approximate surface area is 80.7 Å². The summed E-state index contributed by atoms with van der Waals surface area (Å²) in [5.41, 5.74) is 0.570. The molecule has 1 rings (SSSR count). The lowest BCUT2D eigenvalue weighted by molar-refractivity contribution is -0.120. The summed E-state index contributed by atoms with van der Waals surface area (Å²) in [6.45, 7) is 0. The zero-order chi connectivity index (χ0) is 9.68. The monoisotopic (exact) mass is 201 g/mol. The van der Waals surface area contributed by atoms with E-state index in [0.29, 0.717) is 5.69 Å². The molecule has 0 radical (unpaired) electrons. The van der Waals surface area contributed by atoms with Crippen molar-refractivity contribution in [3.63, 3.8) is 0 Å². The molecule has 1 atom stereocenters. The summed E-state index contributed by atoms with van der Waals surface area (Å²) in [5, 5.41) is 2.39. The Morgan fingerprint density at radius 1 is 1.46 bits per heavy atom. The summed E-state index contributed by atoms with van der Waals surface area (Å²) in [4.78, 5) is 11.0. The normalized spacial score (nSPS) is 12.2. The molecule has 0 aliphatic carbocycles. The van der Waals surface area contributed by atoms with Crippen molar-refractivity contribution in [2.45, 2.75) is 6.17 Å². The van der Waals surface area contributed by atoms with E-state index in [-0.39, 0.29) is 5.88 Å². The van der Waals surface area contributed by atoms with Crippen molar-refractivity contribution in [3.8, 4) is 0 Å². The van der Waals surface area contributed by atoms with E-state index in [2.05, 4.69) is 5.32 Å². The van der Waals surface area contributed by atoms with Crippen LogP contribution in [0, 0.1) is 0 Å². The number of anilines is 1. The van der Waals surface area contributed by atoms with Gasteiger partial charge in [-0.1, -0.05) is 18.2 Å². The lowest BCUT2D eigenvalue weighted by Crippen LogP contribution is -2.25. The molecule has 1 N–H and O–H groups in total. The molecule has 0 heterocycles. The van der Waals surface area contributed by atoms with Gasteiger partial charge in [-0.2, -0.15) is 0 Å². The van der Waals surface area contributed by atoms with E-state index in [1.807, 2.05) is 6.07 Å². The Morgan fingerprint density at radius 2 is 2.08 bits per heavy atom. The fraction of sp³-hybridized carbons (Fsp3) is 0.222. The van der Waals surface area contributed by atoms with Crippen LogP contribution in [0.3, 0.4) is 0 Å². The molecule has 0 aliphatic heterocycles. The first-order chi connectivity index (χ1) is 6.24. The number of amides is 1. The van der Waals surface area contributed by atoms with Crippen LogP contribution in [0.2, 0.25) is 0 Å². The summed E-state index contributed by atoms with van der Waals surface area (Å²) in [6, 6.07) is 8.68. The van der Waals surface area contributed by atoms with E-state index in [1.165, 1.54) is 0 Å². The number of benzene rings is 1. The van der Waals surface area contributed by atoms with Gasteiger partial charge in [0.25, 0.3) is 5.91 Å². The number of para-hydroxylation sites is 1. The SMILES string of the molecule is O=C(Nc1ccccc1)C(F)CCl. The van der Waals surface area contributed by atoms with Crippen LogP contribution in [-0.2, 0) is 4.79 Å². The number of hydrogen-bond donors (Lipinski definition) is 1. The summed E-state index contributed by atoms with van der Waals surface area (Å²) >= 11 is 5.18. The average molecular weight is 202 g/mol. The second-order valence-electron chi connectivity index (χ2n) is 2.48. The second kappa shape index (κ2) is 4.82. The van der Waals surface area contributed by atoms with E-state index in [1.54, 1.807) is 24.3 Å². The van der Waals surface area contributed by atoms with Gasteiger partial charge in [0, 0.05) is 5.69 Å². The molecule has 2 nitrogen and oxygen atoms in total. The third kappa shape index (κ3) is 3.03. The largest absolute Gasteiger partial charge is 0.324 e. The third-order valence-electron chi connectivity index (χ3n) is 1.46. The maximum atomic E-state index is 12.7. The van der Waals surface area contributed by atoms with Crippen LogP contribution in [0.1, 0.15) is 0 Å². The molecular weight excluding hydrogens is 193 g/mol. The number of halogens is 2. The van der Waals surface area contributed by atoms with Crippen LogP contribution in [-0.4, -0.2) is 18.0 Å². The molecule has 0 fully saturated rings. The topological polar surface area (TPSA) is 29.1 Å². The van der Waals surface area contributed by atoms with Gasteiger partial charge in [0.2, 0.25) is 0 Å². The molecule has 4 heteroatoms. The summed E-state index contributed by atoms with van der Waals surface area (Å²) < 4.78 is 12.7. The van der Waals surface area contributed by atoms with Crippen LogP contribution in [0.4, 0.5) is 10.1 Å². The fourth-order valence-electron chi connectivity index (χ4n) is 0.812. The van der Waals surface area contributed by atoms with Gasteiger partial charge in [0.1, 0.15) is 0 Å². The van der Waals surface area contributed by atoms with Crippen molar-refractivity contribution in [3.05, 3.63) is 30.3 Å². The lowest BCUT2D eigenvalue weighted by atomic mass is 10.3. The number of carbonyl (C=O) groups is 1. The van der Waals surface area contributed by atoms with Gasteiger partial charge in [0.05, 0.1) is 5.88 Å². The highest BCUT2D eigenvalue weighted by atomic mass is 35.5. The minimum Gasteiger partial charge on any atom is -0.324 e. The first-order valence-electron chi connectivity index (χ1n) is 3.80. The fourth-order valence-corrected chi connectivity index (χ4v) is 0.952. The maximum Gasteiger partial charge on any atom is 0.260 e. The van der Waals surface area contributed by atoms with Crippen molar-refractivity contribution < 1.29 is 9.18 Å². The third-order valence-corrected chi connectivity index (χ3v) is 1.73. The predicted molar refractivity (Wildman–Crippen MR) is 50.7 cm³/mol. The molecule has 0 bridgehead atoms. The van der Waals surface area contributed by atoms with E-state index in [4.69, 9.17) is 11.6 Å². The molecule has 70 valence electrons. The number of nitrogens with one attached hydrogen (secondary N) is 1. The quantitative estimate of drug-likeness (QED) is 0.747. The van der Waals surface area contributed by atoms with Gasteiger partial charge in [-0.25, -0.2) is 4.39 Å². The van der Waals surface area contributed by atoms with E-state index in [0.717, 1.165) is 0 Å². The molecule has 1 unspecified atom stereocenters. The number of carbonyl (C=O) groups excluding carboxylic acids is 1. The zero-order valence-electron chi connectivity index (χ0n) is 6.84. The van der Waals surface area contributed by atoms with Crippen molar-refractivity contribution in [1.29, 1.82) is 0 Å². The smallest absolute Gasteiger partial charge is 0.260 e. The maximum absolute atomic E-state index is 12.7. The molecule has 0 saturated carbocycles. The lowest BCUT2D eigenvalue weighted by Gasteiger charge is -2.05. The molecule has 0 saturated heterocycles. The van der Waals surface area contributed by atoms with Crippen LogP contribution >= 0.6 is 11.6 Å². The van der Waals surface area contributed by atoms with Gasteiger partial charge in [-0.3, -0.25) is 4.79 Å². The highest BCUT2D eigenvalue weighted by Crippen LogP contribution is 2.06. The van der Waals surface area contributed by atoms with E-state index < -0.39 is 12.1 Å². The van der Waals surface area contributed by atoms with Crippen LogP contribution in [0.15, 0.2) is 30.3 Å². The molecule has 1 aromatic carbocycles. The van der Waals surface area contributed by atoms with Gasteiger partial charge >= 0.3 is 0 Å². The predicted octanol–water partition coefficient (Wildman–Crippen LogP) is 2.20. The van der Waals surface area contributed by atoms with Crippen LogP contribution in [0.25, 0.3) is 0 Å². The number of rotatable bonds is 3. The van der Waals surface area contributed by atoms with Crippen molar-refractivity contribution >= 4 is 23.2 Å². The first-order valence-corrected chi connectivity index (χ1v) is 4.33. The minimum atomic E-state index is -1.65. The first kappa shape index (κ1) is 9.99. The second-order valence-corrected chi connectivity index (χ2v) is 2.79. The average Bonchev–Trinajstić information content (AvgIpc) is 2.18. The van der Waals surface area contributed by atoms with E-state index in [9.17, 15) is 9.18 Å².